The summed E-state index contributed by atoms with van der Waals surface area (Å²) in [5.41, 5.74) is 2.50. The Labute approximate surface area is 140 Å². The molecule has 24 heavy (non-hydrogen) atoms. The number of hydrogen-bond acceptors (Lipinski definition) is 4. The fourth-order valence-electron chi connectivity index (χ4n) is 3.13. The zero-order valence-electron chi connectivity index (χ0n) is 13.6. The predicted molar refractivity (Wildman–Crippen MR) is 93.2 cm³/mol. The van der Waals surface area contributed by atoms with Crippen molar-refractivity contribution < 1.29 is 4.79 Å². The first-order chi connectivity index (χ1) is 11.7. The van der Waals surface area contributed by atoms with Crippen LogP contribution in [0.4, 0.5) is 5.82 Å². The Bertz CT molecular complexity index is 866. The number of benzene rings is 1. The van der Waals surface area contributed by atoms with Crippen LogP contribution in [-0.2, 0) is 0 Å². The predicted octanol–water partition coefficient (Wildman–Crippen LogP) is 2.23. The van der Waals surface area contributed by atoms with E-state index in [1.807, 2.05) is 48.2 Å². The molecule has 0 bridgehead atoms. The third kappa shape index (κ3) is 2.71. The number of aromatic nitrogens is 3. The van der Waals surface area contributed by atoms with E-state index < -0.39 is 0 Å². The number of aryl methyl sites for hydroxylation is 1. The standard InChI is InChI=1S/C18H19N5O/c1-13-20-15-6-5-14(12-16(15)21-13)18(24)23-10-8-22(9-11-23)17-4-2-3-7-19-17/h2-7,12H,8-11H2,1H3,(H,20,21). The molecular weight excluding hydrogens is 302 g/mol. The van der Waals surface area contributed by atoms with Crippen molar-refractivity contribution in [2.24, 2.45) is 0 Å². The summed E-state index contributed by atoms with van der Waals surface area (Å²) < 4.78 is 0. The quantitative estimate of drug-likeness (QED) is 0.786. The maximum atomic E-state index is 12.7. The molecular formula is C18H19N5O. The van der Waals surface area contributed by atoms with Crippen molar-refractivity contribution in [3.05, 3.63) is 54.0 Å². The van der Waals surface area contributed by atoms with E-state index in [0.29, 0.717) is 18.7 Å². The number of carbonyl (C=O) groups excluding carboxylic acids is 1. The molecule has 1 fully saturated rings. The first kappa shape index (κ1) is 14.7. The van der Waals surface area contributed by atoms with Gasteiger partial charge in [-0.25, -0.2) is 9.97 Å². The van der Waals surface area contributed by atoms with Gasteiger partial charge in [0.1, 0.15) is 11.6 Å². The minimum atomic E-state index is 0.0678. The number of hydrogen-bond donors (Lipinski definition) is 1. The molecule has 0 aliphatic carbocycles. The average Bonchev–Trinajstić information content (AvgIpc) is 3.01. The molecule has 0 atom stereocenters. The zero-order chi connectivity index (χ0) is 16.5. The van der Waals surface area contributed by atoms with Gasteiger partial charge >= 0.3 is 0 Å². The zero-order valence-corrected chi connectivity index (χ0v) is 13.6. The molecule has 1 aromatic carbocycles. The molecule has 1 N–H and O–H groups in total. The SMILES string of the molecule is Cc1nc2cc(C(=O)N3CCN(c4ccccn4)CC3)ccc2[nH]1. The smallest absolute Gasteiger partial charge is 0.254 e. The number of piperazine rings is 1. The van der Waals surface area contributed by atoms with Gasteiger partial charge in [-0.05, 0) is 37.3 Å². The fourth-order valence-corrected chi connectivity index (χ4v) is 3.13. The Morgan fingerprint density at radius 3 is 2.71 bits per heavy atom. The van der Waals surface area contributed by atoms with Crippen LogP contribution in [-0.4, -0.2) is 51.9 Å². The molecule has 1 aliphatic rings. The summed E-state index contributed by atoms with van der Waals surface area (Å²) in [6.45, 7) is 4.91. The highest BCUT2D eigenvalue weighted by molar-refractivity contribution is 5.97. The Morgan fingerprint density at radius 1 is 1.12 bits per heavy atom. The lowest BCUT2D eigenvalue weighted by Crippen LogP contribution is -2.49. The summed E-state index contributed by atoms with van der Waals surface area (Å²) in [6.07, 6.45) is 1.80. The molecule has 1 saturated heterocycles. The van der Waals surface area contributed by atoms with Crippen LogP contribution in [0.1, 0.15) is 16.2 Å². The van der Waals surface area contributed by atoms with Gasteiger partial charge in [0, 0.05) is 37.9 Å². The molecule has 6 nitrogen and oxygen atoms in total. The van der Waals surface area contributed by atoms with Crippen molar-refractivity contribution >= 4 is 22.8 Å². The van der Waals surface area contributed by atoms with E-state index in [-0.39, 0.29) is 5.91 Å². The lowest BCUT2D eigenvalue weighted by Gasteiger charge is -2.35. The van der Waals surface area contributed by atoms with Crippen molar-refractivity contribution in [2.45, 2.75) is 6.92 Å². The van der Waals surface area contributed by atoms with Crippen LogP contribution in [0.25, 0.3) is 11.0 Å². The van der Waals surface area contributed by atoms with Crippen LogP contribution in [0.3, 0.4) is 0 Å². The molecule has 0 saturated carbocycles. The summed E-state index contributed by atoms with van der Waals surface area (Å²) in [5, 5.41) is 0. The summed E-state index contributed by atoms with van der Waals surface area (Å²) in [6, 6.07) is 11.6. The molecule has 0 unspecified atom stereocenters. The maximum absolute atomic E-state index is 12.7. The number of amides is 1. The number of nitrogens with zero attached hydrogens (tertiary/aromatic N) is 4. The van der Waals surface area contributed by atoms with Crippen LogP contribution in [0.2, 0.25) is 0 Å². The molecule has 3 aromatic rings. The van der Waals surface area contributed by atoms with Crippen molar-refractivity contribution in [1.82, 2.24) is 19.9 Å². The number of rotatable bonds is 2. The van der Waals surface area contributed by atoms with E-state index in [1.54, 1.807) is 6.20 Å². The number of pyridine rings is 1. The first-order valence-electron chi connectivity index (χ1n) is 8.12. The number of imidazole rings is 1. The highest BCUT2D eigenvalue weighted by Crippen LogP contribution is 2.17. The number of anilines is 1. The largest absolute Gasteiger partial charge is 0.353 e. The molecule has 0 spiro atoms. The second-order valence-electron chi connectivity index (χ2n) is 6.02. The van der Waals surface area contributed by atoms with Crippen molar-refractivity contribution in [3.8, 4) is 0 Å². The van der Waals surface area contributed by atoms with Gasteiger partial charge in [-0.1, -0.05) is 6.07 Å². The van der Waals surface area contributed by atoms with Gasteiger partial charge in [0.05, 0.1) is 11.0 Å². The summed E-state index contributed by atoms with van der Waals surface area (Å²) in [5.74, 6) is 1.90. The van der Waals surface area contributed by atoms with Gasteiger partial charge in [0.25, 0.3) is 5.91 Å². The van der Waals surface area contributed by atoms with E-state index in [1.165, 1.54) is 0 Å². The van der Waals surface area contributed by atoms with Gasteiger partial charge in [-0.3, -0.25) is 4.79 Å². The Hall–Kier alpha value is -2.89. The first-order valence-corrected chi connectivity index (χ1v) is 8.12. The highest BCUT2D eigenvalue weighted by atomic mass is 16.2. The van der Waals surface area contributed by atoms with Crippen molar-refractivity contribution in [3.63, 3.8) is 0 Å². The molecule has 0 radical (unpaired) electrons. The Balaban J connectivity index is 1.47. The van der Waals surface area contributed by atoms with E-state index in [9.17, 15) is 4.79 Å². The minimum absolute atomic E-state index is 0.0678. The monoisotopic (exact) mass is 321 g/mol. The highest BCUT2D eigenvalue weighted by Gasteiger charge is 2.23. The summed E-state index contributed by atoms with van der Waals surface area (Å²) >= 11 is 0. The van der Waals surface area contributed by atoms with Gasteiger partial charge in [0.15, 0.2) is 0 Å². The van der Waals surface area contributed by atoms with Gasteiger partial charge < -0.3 is 14.8 Å². The van der Waals surface area contributed by atoms with Crippen LogP contribution in [0, 0.1) is 6.92 Å². The van der Waals surface area contributed by atoms with Crippen molar-refractivity contribution in [2.75, 3.05) is 31.1 Å². The molecule has 4 rings (SSSR count). The molecule has 3 heterocycles. The maximum Gasteiger partial charge on any atom is 0.254 e. The van der Waals surface area contributed by atoms with Crippen LogP contribution >= 0.6 is 0 Å². The fraction of sp³-hybridized carbons (Fsp3) is 0.278. The second kappa shape index (κ2) is 5.96. The van der Waals surface area contributed by atoms with E-state index in [2.05, 4.69) is 19.9 Å². The van der Waals surface area contributed by atoms with Crippen LogP contribution < -0.4 is 4.90 Å². The van der Waals surface area contributed by atoms with E-state index in [4.69, 9.17) is 0 Å². The molecule has 1 amide bonds. The van der Waals surface area contributed by atoms with Crippen molar-refractivity contribution in [1.29, 1.82) is 0 Å². The average molecular weight is 321 g/mol. The number of carbonyl (C=O) groups is 1. The number of aromatic amines is 1. The Kier molecular flexibility index (Phi) is 3.65. The van der Waals surface area contributed by atoms with Crippen LogP contribution in [0.5, 0.6) is 0 Å². The molecule has 1 aliphatic heterocycles. The topological polar surface area (TPSA) is 65.1 Å². The van der Waals surface area contributed by atoms with Gasteiger partial charge in [0.2, 0.25) is 0 Å². The Morgan fingerprint density at radius 2 is 1.96 bits per heavy atom. The summed E-state index contributed by atoms with van der Waals surface area (Å²) in [4.78, 5) is 28.8. The van der Waals surface area contributed by atoms with E-state index in [0.717, 1.165) is 35.8 Å². The lowest BCUT2D eigenvalue weighted by atomic mass is 10.1. The second-order valence-corrected chi connectivity index (χ2v) is 6.02. The van der Waals surface area contributed by atoms with Gasteiger partial charge in [-0.2, -0.15) is 0 Å². The number of fused-ring (bicyclic) bond motifs is 1. The molecule has 2 aromatic heterocycles. The van der Waals surface area contributed by atoms with Crippen LogP contribution in [0.15, 0.2) is 42.6 Å². The minimum Gasteiger partial charge on any atom is -0.353 e. The van der Waals surface area contributed by atoms with E-state index >= 15 is 0 Å². The summed E-state index contributed by atoms with van der Waals surface area (Å²) in [7, 11) is 0. The third-order valence-electron chi connectivity index (χ3n) is 4.39. The molecule has 122 valence electrons. The number of nitrogens with one attached hydrogen (secondary N) is 1. The normalized spacial score (nSPS) is 15.0. The molecule has 6 heteroatoms. The number of H-pyrrole nitrogens is 1. The van der Waals surface area contributed by atoms with Gasteiger partial charge in [-0.15, -0.1) is 0 Å². The lowest BCUT2D eigenvalue weighted by molar-refractivity contribution is 0.0746. The third-order valence-corrected chi connectivity index (χ3v) is 4.39.